The molecule has 0 aliphatic rings. The third-order valence-electron chi connectivity index (χ3n) is 1.37. The van der Waals surface area contributed by atoms with E-state index < -0.39 is 0 Å². The van der Waals surface area contributed by atoms with Crippen LogP contribution in [0.5, 0.6) is 0 Å². The van der Waals surface area contributed by atoms with Crippen LogP contribution in [0.15, 0.2) is 6.20 Å². The minimum Gasteiger partial charge on any atom is -0.378 e. The van der Waals surface area contributed by atoms with Gasteiger partial charge in [-0.25, -0.2) is 4.98 Å². The number of hydrogen-bond donors (Lipinski definition) is 0. The van der Waals surface area contributed by atoms with Crippen molar-refractivity contribution in [1.82, 2.24) is 4.98 Å². The first-order chi connectivity index (χ1) is 5.36. The van der Waals surface area contributed by atoms with Gasteiger partial charge in [-0.1, -0.05) is 13.3 Å². The van der Waals surface area contributed by atoms with Crippen molar-refractivity contribution in [2.24, 2.45) is 0 Å². The van der Waals surface area contributed by atoms with E-state index in [-0.39, 0.29) is 0 Å². The molecule has 62 valence electrons. The van der Waals surface area contributed by atoms with E-state index in [1.165, 1.54) is 11.3 Å². The highest BCUT2D eigenvalue weighted by molar-refractivity contribution is 7.11. The van der Waals surface area contributed by atoms with Gasteiger partial charge in [0.15, 0.2) is 0 Å². The number of rotatable bonds is 4. The lowest BCUT2D eigenvalue weighted by Gasteiger charge is -1.90. The minimum atomic E-state index is 0.647. The number of ether oxygens (including phenoxy) is 1. The fourth-order valence-electron chi connectivity index (χ4n) is 0.900. The number of nitrogens with zero attached hydrogens (tertiary/aromatic N) is 1. The lowest BCUT2D eigenvalue weighted by atomic mass is 10.3. The van der Waals surface area contributed by atoms with E-state index in [1.807, 2.05) is 6.20 Å². The van der Waals surface area contributed by atoms with Gasteiger partial charge in [0.2, 0.25) is 0 Å². The number of aryl methyl sites for hydroxylation is 1. The first-order valence-corrected chi connectivity index (χ1v) is 4.61. The molecule has 1 aromatic heterocycles. The summed E-state index contributed by atoms with van der Waals surface area (Å²) in [5.41, 5.74) is 0. The van der Waals surface area contributed by atoms with Gasteiger partial charge in [-0.05, 0) is 6.42 Å². The van der Waals surface area contributed by atoms with Crippen LogP contribution in [0.1, 0.15) is 23.2 Å². The second kappa shape index (κ2) is 4.46. The van der Waals surface area contributed by atoms with Crippen LogP contribution in [0.3, 0.4) is 0 Å². The Kier molecular flexibility index (Phi) is 3.52. The third-order valence-corrected chi connectivity index (χ3v) is 2.40. The molecule has 2 nitrogen and oxygen atoms in total. The zero-order chi connectivity index (χ0) is 8.10. The zero-order valence-electron chi connectivity index (χ0n) is 6.96. The summed E-state index contributed by atoms with van der Waals surface area (Å²) in [5, 5.41) is 1.08. The molecule has 0 aliphatic heterocycles. The monoisotopic (exact) mass is 171 g/mol. The molecule has 0 bridgehead atoms. The molecule has 0 atom stereocenters. The first kappa shape index (κ1) is 8.68. The minimum absolute atomic E-state index is 0.647. The number of thiazole rings is 1. The topological polar surface area (TPSA) is 22.1 Å². The Morgan fingerprint density at radius 2 is 2.45 bits per heavy atom. The SMILES string of the molecule is CCCc1cnc(COC)s1. The highest BCUT2D eigenvalue weighted by atomic mass is 32.1. The van der Waals surface area contributed by atoms with E-state index in [0.29, 0.717) is 6.61 Å². The van der Waals surface area contributed by atoms with Crippen molar-refractivity contribution in [3.8, 4) is 0 Å². The van der Waals surface area contributed by atoms with Gasteiger partial charge in [-0.3, -0.25) is 0 Å². The molecule has 0 saturated carbocycles. The molecular formula is C8H13NOS. The molecule has 1 heterocycles. The molecule has 0 radical (unpaired) electrons. The van der Waals surface area contributed by atoms with Gasteiger partial charge < -0.3 is 4.74 Å². The number of aromatic nitrogens is 1. The molecule has 0 fully saturated rings. The van der Waals surface area contributed by atoms with E-state index in [2.05, 4.69) is 11.9 Å². The molecule has 0 saturated heterocycles. The summed E-state index contributed by atoms with van der Waals surface area (Å²) in [6, 6.07) is 0. The summed E-state index contributed by atoms with van der Waals surface area (Å²) in [7, 11) is 1.70. The highest BCUT2D eigenvalue weighted by Gasteiger charge is 1.99. The molecule has 0 amide bonds. The van der Waals surface area contributed by atoms with Crippen molar-refractivity contribution in [1.29, 1.82) is 0 Å². The van der Waals surface area contributed by atoms with Crippen molar-refractivity contribution in [2.45, 2.75) is 26.4 Å². The Morgan fingerprint density at radius 3 is 3.09 bits per heavy atom. The molecule has 1 aromatic rings. The van der Waals surface area contributed by atoms with Crippen molar-refractivity contribution in [3.05, 3.63) is 16.1 Å². The average Bonchev–Trinajstić information content (AvgIpc) is 2.38. The van der Waals surface area contributed by atoms with Crippen LogP contribution in [-0.2, 0) is 17.8 Å². The van der Waals surface area contributed by atoms with Gasteiger partial charge in [0.05, 0.1) is 6.61 Å². The lowest BCUT2D eigenvalue weighted by Crippen LogP contribution is -1.82. The Balaban J connectivity index is 2.51. The van der Waals surface area contributed by atoms with Crippen LogP contribution in [0, 0.1) is 0 Å². The van der Waals surface area contributed by atoms with E-state index in [9.17, 15) is 0 Å². The summed E-state index contributed by atoms with van der Waals surface area (Å²) in [6.45, 7) is 2.82. The largest absolute Gasteiger partial charge is 0.378 e. The standard InChI is InChI=1S/C8H13NOS/c1-3-4-7-5-9-8(11-7)6-10-2/h5H,3-4,6H2,1-2H3. The smallest absolute Gasteiger partial charge is 0.119 e. The summed E-state index contributed by atoms with van der Waals surface area (Å²) < 4.78 is 4.97. The lowest BCUT2D eigenvalue weighted by molar-refractivity contribution is 0.184. The van der Waals surface area contributed by atoms with E-state index >= 15 is 0 Å². The van der Waals surface area contributed by atoms with E-state index in [4.69, 9.17) is 4.74 Å². The fraction of sp³-hybridized carbons (Fsp3) is 0.625. The Hall–Kier alpha value is -0.410. The second-order valence-corrected chi connectivity index (χ2v) is 3.60. The Morgan fingerprint density at radius 1 is 1.64 bits per heavy atom. The summed E-state index contributed by atoms with van der Waals surface area (Å²) >= 11 is 1.75. The first-order valence-electron chi connectivity index (χ1n) is 3.79. The van der Waals surface area contributed by atoms with Crippen molar-refractivity contribution >= 4 is 11.3 Å². The zero-order valence-corrected chi connectivity index (χ0v) is 7.78. The predicted octanol–water partition coefficient (Wildman–Crippen LogP) is 2.24. The molecule has 0 N–H and O–H groups in total. The molecule has 0 spiro atoms. The molecule has 1 rings (SSSR count). The average molecular weight is 171 g/mol. The molecular weight excluding hydrogens is 158 g/mol. The van der Waals surface area contributed by atoms with Crippen LogP contribution < -0.4 is 0 Å². The van der Waals surface area contributed by atoms with Crippen molar-refractivity contribution in [2.75, 3.05) is 7.11 Å². The highest BCUT2D eigenvalue weighted by Crippen LogP contribution is 2.14. The Labute approximate surface area is 71.2 Å². The maximum atomic E-state index is 4.97. The third kappa shape index (κ3) is 2.60. The number of methoxy groups -OCH3 is 1. The predicted molar refractivity (Wildman–Crippen MR) is 46.8 cm³/mol. The van der Waals surface area contributed by atoms with Gasteiger partial charge in [-0.2, -0.15) is 0 Å². The molecule has 11 heavy (non-hydrogen) atoms. The van der Waals surface area contributed by atoms with Crippen LogP contribution in [-0.4, -0.2) is 12.1 Å². The fourth-order valence-corrected chi connectivity index (χ4v) is 1.90. The maximum absolute atomic E-state index is 4.97. The maximum Gasteiger partial charge on any atom is 0.119 e. The van der Waals surface area contributed by atoms with Gasteiger partial charge in [0.1, 0.15) is 5.01 Å². The second-order valence-electron chi connectivity index (χ2n) is 2.40. The van der Waals surface area contributed by atoms with Crippen molar-refractivity contribution < 1.29 is 4.74 Å². The molecule has 3 heteroatoms. The van der Waals surface area contributed by atoms with Crippen LogP contribution in [0.2, 0.25) is 0 Å². The normalized spacial score (nSPS) is 10.4. The summed E-state index contributed by atoms with van der Waals surface area (Å²) in [6.07, 6.45) is 4.28. The van der Waals surface area contributed by atoms with E-state index in [0.717, 1.165) is 11.4 Å². The Bertz CT molecular complexity index is 189. The molecule has 0 aliphatic carbocycles. The quantitative estimate of drug-likeness (QED) is 0.693. The number of hydrogen-bond acceptors (Lipinski definition) is 3. The van der Waals surface area contributed by atoms with Crippen LogP contribution in [0.25, 0.3) is 0 Å². The van der Waals surface area contributed by atoms with Crippen LogP contribution in [0.4, 0.5) is 0 Å². The van der Waals surface area contributed by atoms with Gasteiger partial charge in [0.25, 0.3) is 0 Å². The van der Waals surface area contributed by atoms with Gasteiger partial charge >= 0.3 is 0 Å². The molecule has 0 aromatic carbocycles. The van der Waals surface area contributed by atoms with Crippen LogP contribution >= 0.6 is 11.3 Å². The van der Waals surface area contributed by atoms with E-state index in [1.54, 1.807) is 18.4 Å². The van der Waals surface area contributed by atoms with Gasteiger partial charge in [0, 0.05) is 18.2 Å². The van der Waals surface area contributed by atoms with Gasteiger partial charge in [-0.15, -0.1) is 11.3 Å². The summed E-state index contributed by atoms with van der Waals surface area (Å²) in [4.78, 5) is 5.58. The van der Waals surface area contributed by atoms with Crippen molar-refractivity contribution in [3.63, 3.8) is 0 Å². The summed E-state index contributed by atoms with van der Waals surface area (Å²) in [5.74, 6) is 0. The molecule has 0 unspecified atom stereocenters.